The van der Waals surface area contributed by atoms with Crippen LogP contribution in [0.2, 0.25) is 0 Å². The second kappa shape index (κ2) is 13.6. The van der Waals surface area contributed by atoms with E-state index in [-0.39, 0.29) is 24.4 Å². The summed E-state index contributed by atoms with van der Waals surface area (Å²) < 4.78 is 5.01. The molecule has 0 radical (unpaired) electrons. The fourth-order valence-electron chi connectivity index (χ4n) is 3.82. The summed E-state index contributed by atoms with van der Waals surface area (Å²) in [4.78, 5) is 44.3. The third kappa shape index (κ3) is 8.75. The molecular formula is C29H35N3O4S. The molecule has 0 fully saturated rings. The summed E-state index contributed by atoms with van der Waals surface area (Å²) >= 11 is 1.67. The molecule has 8 heteroatoms. The van der Waals surface area contributed by atoms with Crippen molar-refractivity contribution in [3.63, 3.8) is 0 Å². The third-order valence-electron chi connectivity index (χ3n) is 5.56. The lowest BCUT2D eigenvalue weighted by Crippen LogP contribution is -2.45. The minimum absolute atomic E-state index is 0.0396. The normalized spacial score (nSPS) is 10.7. The van der Waals surface area contributed by atoms with Crippen LogP contribution in [0, 0.1) is 12.8 Å². The Hall–Kier alpha value is -3.65. The Morgan fingerprint density at radius 1 is 0.919 bits per heavy atom. The summed E-state index contributed by atoms with van der Waals surface area (Å²) in [6.45, 7) is 9.44. The quantitative estimate of drug-likeness (QED) is 0.316. The van der Waals surface area contributed by atoms with Gasteiger partial charge in [-0.2, -0.15) is 0 Å². The van der Waals surface area contributed by atoms with E-state index in [1.165, 1.54) is 4.88 Å². The number of thiophene rings is 1. The fourth-order valence-corrected chi connectivity index (χ4v) is 4.73. The summed E-state index contributed by atoms with van der Waals surface area (Å²) in [6.07, 6.45) is 0. The average molecular weight is 522 g/mol. The zero-order chi connectivity index (χ0) is 26.8. The van der Waals surface area contributed by atoms with Crippen molar-refractivity contribution in [2.24, 2.45) is 5.92 Å². The number of hydrogen-bond donors (Lipinski definition) is 1. The Morgan fingerprint density at radius 2 is 1.62 bits per heavy atom. The van der Waals surface area contributed by atoms with Gasteiger partial charge in [0, 0.05) is 28.5 Å². The first-order valence-electron chi connectivity index (χ1n) is 12.4. The van der Waals surface area contributed by atoms with Gasteiger partial charge in [-0.1, -0.05) is 44.2 Å². The maximum absolute atomic E-state index is 13.5. The highest BCUT2D eigenvalue weighted by Gasteiger charge is 2.23. The second-order valence-electron chi connectivity index (χ2n) is 9.25. The predicted molar refractivity (Wildman–Crippen MR) is 148 cm³/mol. The molecule has 0 spiro atoms. The number of nitrogens with one attached hydrogen (secondary N) is 1. The van der Waals surface area contributed by atoms with E-state index >= 15 is 0 Å². The molecule has 37 heavy (non-hydrogen) atoms. The highest BCUT2D eigenvalue weighted by atomic mass is 32.1. The van der Waals surface area contributed by atoms with E-state index in [4.69, 9.17) is 4.74 Å². The van der Waals surface area contributed by atoms with Crippen LogP contribution in [0.4, 0.5) is 10.5 Å². The van der Waals surface area contributed by atoms with E-state index in [0.717, 1.165) is 10.4 Å². The Balaban J connectivity index is 1.73. The van der Waals surface area contributed by atoms with Crippen LogP contribution >= 0.6 is 11.3 Å². The van der Waals surface area contributed by atoms with Crippen molar-refractivity contribution in [1.82, 2.24) is 9.80 Å². The minimum atomic E-state index is -0.410. The highest BCUT2D eigenvalue weighted by molar-refractivity contribution is 7.11. The first kappa shape index (κ1) is 27.9. The van der Waals surface area contributed by atoms with Crippen molar-refractivity contribution in [3.8, 4) is 0 Å². The number of carbonyl (C=O) groups is 3. The van der Waals surface area contributed by atoms with E-state index in [9.17, 15) is 14.4 Å². The summed E-state index contributed by atoms with van der Waals surface area (Å²) in [5.74, 6) is -0.359. The Bertz CT molecular complexity index is 1180. The van der Waals surface area contributed by atoms with Crippen molar-refractivity contribution in [3.05, 3.63) is 87.6 Å². The van der Waals surface area contributed by atoms with Crippen molar-refractivity contribution < 1.29 is 19.1 Å². The molecule has 0 atom stereocenters. The molecule has 2 aromatic carbocycles. The Morgan fingerprint density at radius 3 is 2.22 bits per heavy atom. The van der Waals surface area contributed by atoms with Crippen LogP contribution in [0.1, 0.15) is 46.4 Å². The first-order chi connectivity index (χ1) is 17.7. The second-order valence-corrected chi connectivity index (χ2v) is 10.6. The number of rotatable bonds is 11. The summed E-state index contributed by atoms with van der Waals surface area (Å²) in [5, 5.41) is 2.86. The zero-order valence-corrected chi connectivity index (χ0v) is 22.7. The van der Waals surface area contributed by atoms with Gasteiger partial charge in [-0.25, -0.2) is 9.59 Å². The maximum atomic E-state index is 13.5. The van der Waals surface area contributed by atoms with E-state index in [1.54, 1.807) is 52.3 Å². The fraction of sp³-hybridized carbons (Fsp3) is 0.345. The largest absolute Gasteiger partial charge is 0.462 e. The molecule has 196 valence electrons. The minimum Gasteiger partial charge on any atom is -0.462 e. The van der Waals surface area contributed by atoms with Gasteiger partial charge >= 0.3 is 12.0 Å². The van der Waals surface area contributed by atoms with Gasteiger partial charge < -0.3 is 19.9 Å². The average Bonchev–Trinajstić information content (AvgIpc) is 3.28. The number of esters is 1. The highest BCUT2D eigenvalue weighted by Crippen LogP contribution is 2.19. The molecular weight excluding hydrogens is 486 g/mol. The smallest absolute Gasteiger partial charge is 0.338 e. The van der Waals surface area contributed by atoms with Crippen LogP contribution in [0.3, 0.4) is 0 Å². The maximum Gasteiger partial charge on any atom is 0.338 e. The zero-order valence-electron chi connectivity index (χ0n) is 21.9. The molecule has 1 aromatic heterocycles. The first-order valence-corrected chi connectivity index (χ1v) is 13.3. The molecule has 0 saturated heterocycles. The van der Waals surface area contributed by atoms with Crippen LogP contribution in [0.5, 0.6) is 0 Å². The topological polar surface area (TPSA) is 79.0 Å². The van der Waals surface area contributed by atoms with E-state index in [2.05, 4.69) is 11.4 Å². The molecule has 0 bridgehead atoms. The molecule has 1 N–H and O–H groups in total. The van der Waals surface area contributed by atoms with Gasteiger partial charge in [-0.3, -0.25) is 4.79 Å². The monoisotopic (exact) mass is 521 g/mol. The molecule has 0 unspecified atom stereocenters. The third-order valence-corrected chi connectivity index (χ3v) is 6.54. The van der Waals surface area contributed by atoms with Crippen molar-refractivity contribution in [2.75, 3.05) is 25.0 Å². The van der Waals surface area contributed by atoms with Gasteiger partial charge in [-0.15, -0.1) is 11.3 Å². The summed E-state index contributed by atoms with van der Waals surface area (Å²) in [7, 11) is 0. The summed E-state index contributed by atoms with van der Waals surface area (Å²) in [6, 6.07) is 20.1. The van der Waals surface area contributed by atoms with E-state index in [0.29, 0.717) is 37.5 Å². The van der Waals surface area contributed by atoms with Crippen LogP contribution in [0.25, 0.3) is 0 Å². The number of benzene rings is 2. The van der Waals surface area contributed by atoms with Crippen LogP contribution in [0.15, 0.2) is 66.7 Å². The molecule has 1 heterocycles. The van der Waals surface area contributed by atoms with E-state index in [1.807, 2.05) is 57.2 Å². The Labute approximate surface area is 223 Å². The van der Waals surface area contributed by atoms with Crippen molar-refractivity contribution >= 4 is 34.9 Å². The number of carbonyl (C=O) groups excluding carboxylic acids is 3. The van der Waals surface area contributed by atoms with Gasteiger partial charge in [0.05, 0.1) is 18.7 Å². The standard InChI is InChI=1S/C29H35N3O4S/c1-5-36-28(34)24-12-14-25(15-13-24)30-29(35)32(17-21(2)3)20-27(33)31(18-23-9-7-6-8-10-23)19-26-16-11-22(4)37-26/h6-16,21H,5,17-20H2,1-4H3,(H,30,35). The number of hydrogen-bond acceptors (Lipinski definition) is 5. The number of ether oxygens (including phenoxy) is 1. The molecule has 3 rings (SSSR count). The number of nitrogens with zero attached hydrogens (tertiary/aromatic N) is 2. The predicted octanol–water partition coefficient (Wildman–Crippen LogP) is 5.95. The van der Waals surface area contributed by atoms with Crippen molar-refractivity contribution in [2.45, 2.75) is 40.8 Å². The van der Waals surface area contributed by atoms with Gasteiger partial charge in [0.15, 0.2) is 0 Å². The molecule has 3 aromatic rings. The van der Waals surface area contributed by atoms with Gasteiger partial charge in [-0.05, 0) is 61.7 Å². The molecule has 3 amide bonds. The van der Waals surface area contributed by atoms with E-state index < -0.39 is 5.97 Å². The molecule has 0 aliphatic carbocycles. The lowest BCUT2D eigenvalue weighted by atomic mass is 10.2. The molecule has 0 aliphatic rings. The number of urea groups is 1. The number of aryl methyl sites for hydroxylation is 1. The van der Waals surface area contributed by atoms with Crippen LogP contribution in [-0.2, 0) is 22.6 Å². The molecule has 0 saturated carbocycles. The van der Waals surface area contributed by atoms with Gasteiger partial charge in [0.2, 0.25) is 5.91 Å². The van der Waals surface area contributed by atoms with Crippen molar-refractivity contribution in [1.29, 1.82) is 0 Å². The Kier molecular flexibility index (Phi) is 10.3. The molecule has 7 nitrogen and oxygen atoms in total. The van der Waals surface area contributed by atoms with Crippen LogP contribution in [-0.4, -0.2) is 47.4 Å². The SMILES string of the molecule is CCOC(=O)c1ccc(NC(=O)N(CC(=O)N(Cc2ccccc2)Cc2ccc(C)s2)CC(C)C)cc1. The summed E-state index contributed by atoms with van der Waals surface area (Å²) in [5.41, 5.74) is 1.98. The number of amides is 3. The van der Waals surface area contributed by atoms with Crippen LogP contribution < -0.4 is 5.32 Å². The van der Waals surface area contributed by atoms with Gasteiger partial charge in [0.25, 0.3) is 0 Å². The number of anilines is 1. The molecule has 0 aliphatic heterocycles. The van der Waals surface area contributed by atoms with Gasteiger partial charge in [0.1, 0.15) is 6.54 Å². The lowest BCUT2D eigenvalue weighted by Gasteiger charge is -2.29. The lowest BCUT2D eigenvalue weighted by molar-refractivity contribution is -0.133.